The van der Waals surface area contributed by atoms with Crippen LogP contribution in [0.3, 0.4) is 0 Å². The number of aromatic nitrogens is 3. The van der Waals surface area contributed by atoms with Gasteiger partial charge in [0.25, 0.3) is 0 Å². The number of hydrogen-bond acceptors (Lipinski definition) is 4. The van der Waals surface area contributed by atoms with Crippen LogP contribution >= 0.6 is 0 Å². The number of likely N-dealkylation sites (tertiary alicyclic amines) is 1. The molecule has 3 heterocycles. The first-order valence-electron chi connectivity index (χ1n) is 8.07. The molecular formula is C17H23N5O. The Bertz CT molecular complexity index is 667. The highest BCUT2D eigenvalue weighted by Crippen LogP contribution is 2.21. The summed E-state index contributed by atoms with van der Waals surface area (Å²) in [6, 6.07) is 4.19. The average Bonchev–Trinajstić information content (AvgIpc) is 3.12. The highest BCUT2D eigenvalue weighted by atomic mass is 16.2. The fourth-order valence-corrected chi connectivity index (χ4v) is 3.00. The summed E-state index contributed by atoms with van der Waals surface area (Å²) in [5, 5.41) is 8.07. The van der Waals surface area contributed by atoms with Gasteiger partial charge >= 0.3 is 0 Å². The van der Waals surface area contributed by atoms with E-state index in [1.165, 1.54) is 0 Å². The lowest BCUT2D eigenvalue weighted by molar-refractivity contribution is -0.127. The molecule has 2 aromatic heterocycles. The number of pyridine rings is 1. The predicted octanol–water partition coefficient (Wildman–Crippen LogP) is 1.58. The Morgan fingerprint density at radius 3 is 2.83 bits per heavy atom. The molecule has 1 saturated heterocycles. The summed E-state index contributed by atoms with van der Waals surface area (Å²) < 4.78 is 1.83. The van der Waals surface area contributed by atoms with Crippen molar-refractivity contribution >= 4 is 5.91 Å². The van der Waals surface area contributed by atoms with Crippen molar-refractivity contribution in [2.24, 2.45) is 7.05 Å². The van der Waals surface area contributed by atoms with Gasteiger partial charge in [0.15, 0.2) is 0 Å². The van der Waals surface area contributed by atoms with Crippen LogP contribution in [0, 0.1) is 0 Å². The molecule has 1 atom stereocenters. The van der Waals surface area contributed by atoms with Gasteiger partial charge in [-0.05, 0) is 25.5 Å². The molecule has 1 amide bonds. The van der Waals surface area contributed by atoms with Crippen molar-refractivity contribution in [2.75, 3.05) is 13.1 Å². The Labute approximate surface area is 136 Å². The van der Waals surface area contributed by atoms with Crippen molar-refractivity contribution in [3.8, 4) is 11.3 Å². The molecule has 0 aromatic carbocycles. The minimum absolute atomic E-state index is 0.252. The first-order valence-corrected chi connectivity index (χ1v) is 8.07. The molecule has 0 spiro atoms. The number of hydrogen-bond donors (Lipinski definition) is 1. The standard InChI is InChI=1S/C17H23N5O/c1-13(11-22-9-3-4-16(22)23)19-10-15-12-21(2)20-17(15)14-5-7-18-8-6-14/h5-8,12-13,19H,3-4,9-11H2,1-2H3. The fraction of sp³-hybridized carbons (Fsp3) is 0.471. The number of nitrogens with zero attached hydrogens (tertiary/aromatic N) is 4. The van der Waals surface area contributed by atoms with Gasteiger partial charge in [-0.1, -0.05) is 0 Å². The maximum atomic E-state index is 11.7. The Morgan fingerprint density at radius 2 is 2.13 bits per heavy atom. The second-order valence-electron chi connectivity index (χ2n) is 6.14. The maximum Gasteiger partial charge on any atom is 0.222 e. The van der Waals surface area contributed by atoms with Crippen LogP contribution in [0.15, 0.2) is 30.7 Å². The van der Waals surface area contributed by atoms with Gasteiger partial charge in [0.05, 0.1) is 5.69 Å². The zero-order valence-corrected chi connectivity index (χ0v) is 13.7. The summed E-state index contributed by atoms with van der Waals surface area (Å²) in [6.45, 7) is 4.51. The third-order valence-corrected chi connectivity index (χ3v) is 4.16. The summed E-state index contributed by atoms with van der Waals surface area (Å²) in [4.78, 5) is 17.7. The topological polar surface area (TPSA) is 63.1 Å². The Kier molecular flexibility index (Phi) is 4.71. The lowest BCUT2D eigenvalue weighted by Crippen LogP contribution is -2.39. The molecule has 6 nitrogen and oxygen atoms in total. The van der Waals surface area contributed by atoms with Gasteiger partial charge in [0, 0.05) is 68.9 Å². The largest absolute Gasteiger partial charge is 0.341 e. The second-order valence-corrected chi connectivity index (χ2v) is 6.14. The molecule has 2 aromatic rings. The minimum Gasteiger partial charge on any atom is -0.341 e. The maximum absolute atomic E-state index is 11.7. The van der Waals surface area contributed by atoms with Crippen LogP contribution in [0.5, 0.6) is 0 Å². The van der Waals surface area contributed by atoms with Crippen molar-refractivity contribution in [3.63, 3.8) is 0 Å². The van der Waals surface area contributed by atoms with E-state index in [4.69, 9.17) is 0 Å². The number of amides is 1. The van der Waals surface area contributed by atoms with E-state index in [9.17, 15) is 4.79 Å². The third kappa shape index (κ3) is 3.76. The van der Waals surface area contributed by atoms with Crippen molar-refractivity contribution in [1.29, 1.82) is 0 Å². The minimum atomic E-state index is 0.252. The Hall–Kier alpha value is -2.21. The van der Waals surface area contributed by atoms with E-state index in [-0.39, 0.29) is 11.9 Å². The van der Waals surface area contributed by atoms with Gasteiger partial charge < -0.3 is 10.2 Å². The summed E-state index contributed by atoms with van der Waals surface area (Å²) in [5.74, 6) is 0.275. The highest BCUT2D eigenvalue weighted by Gasteiger charge is 2.21. The summed E-state index contributed by atoms with van der Waals surface area (Å²) >= 11 is 0. The molecule has 0 radical (unpaired) electrons. The Morgan fingerprint density at radius 1 is 1.35 bits per heavy atom. The highest BCUT2D eigenvalue weighted by molar-refractivity contribution is 5.78. The van der Waals surface area contributed by atoms with E-state index < -0.39 is 0 Å². The number of carbonyl (C=O) groups excluding carboxylic acids is 1. The van der Waals surface area contributed by atoms with Crippen LogP contribution in [0.4, 0.5) is 0 Å². The molecule has 1 aliphatic heterocycles. The van der Waals surface area contributed by atoms with E-state index in [0.717, 1.165) is 42.9 Å². The van der Waals surface area contributed by atoms with Gasteiger partial charge in [-0.25, -0.2) is 0 Å². The molecule has 1 fully saturated rings. The molecule has 3 rings (SSSR count). The van der Waals surface area contributed by atoms with Gasteiger partial charge in [-0.15, -0.1) is 0 Å². The molecule has 0 aliphatic carbocycles. The summed E-state index contributed by atoms with van der Waals surface area (Å²) in [6.07, 6.45) is 7.28. The number of nitrogens with one attached hydrogen (secondary N) is 1. The smallest absolute Gasteiger partial charge is 0.222 e. The lowest BCUT2D eigenvalue weighted by Gasteiger charge is -2.21. The van der Waals surface area contributed by atoms with E-state index in [2.05, 4.69) is 22.3 Å². The van der Waals surface area contributed by atoms with Gasteiger partial charge in [-0.2, -0.15) is 5.10 Å². The van der Waals surface area contributed by atoms with Gasteiger partial charge in [0.2, 0.25) is 5.91 Å². The number of aryl methyl sites for hydroxylation is 1. The first kappa shape index (κ1) is 15.7. The SMILES string of the molecule is CC(CN1CCCC1=O)NCc1cn(C)nc1-c1ccncc1. The van der Waals surface area contributed by atoms with E-state index >= 15 is 0 Å². The zero-order valence-electron chi connectivity index (χ0n) is 13.7. The predicted molar refractivity (Wildman–Crippen MR) is 88.6 cm³/mol. The van der Waals surface area contributed by atoms with Crippen LogP contribution in [0.25, 0.3) is 11.3 Å². The molecule has 6 heteroatoms. The van der Waals surface area contributed by atoms with E-state index in [0.29, 0.717) is 6.42 Å². The molecule has 0 saturated carbocycles. The number of rotatable bonds is 6. The molecule has 1 unspecified atom stereocenters. The van der Waals surface area contributed by atoms with Gasteiger partial charge in [-0.3, -0.25) is 14.5 Å². The molecule has 23 heavy (non-hydrogen) atoms. The lowest BCUT2D eigenvalue weighted by atomic mass is 10.1. The zero-order chi connectivity index (χ0) is 16.2. The van der Waals surface area contributed by atoms with Crippen LogP contribution in [-0.2, 0) is 18.4 Å². The van der Waals surface area contributed by atoms with Gasteiger partial charge in [0.1, 0.15) is 0 Å². The Balaban J connectivity index is 1.63. The number of carbonyl (C=O) groups is 1. The van der Waals surface area contributed by atoms with Crippen molar-refractivity contribution in [3.05, 3.63) is 36.3 Å². The third-order valence-electron chi connectivity index (χ3n) is 4.16. The van der Waals surface area contributed by atoms with E-state index in [1.807, 2.05) is 35.0 Å². The van der Waals surface area contributed by atoms with Crippen LogP contribution in [-0.4, -0.2) is 44.7 Å². The summed E-state index contributed by atoms with van der Waals surface area (Å²) in [5.41, 5.74) is 3.20. The van der Waals surface area contributed by atoms with Crippen molar-refractivity contribution in [2.45, 2.75) is 32.4 Å². The van der Waals surface area contributed by atoms with Crippen molar-refractivity contribution in [1.82, 2.24) is 25.0 Å². The van der Waals surface area contributed by atoms with E-state index in [1.54, 1.807) is 12.4 Å². The van der Waals surface area contributed by atoms with Crippen molar-refractivity contribution < 1.29 is 4.79 Å². The fourth-order valence-electron chi connectivity index (χ4n) is 3.00. The summed E-state index contributed by atoms with van der Waals surface area (Å²) in [7, 11) is 1.93. The van der Waals surface area contributed by atoms with Crippen LogP contribution < -0.4 is 5.32 Å². The molecule has 0 bridgehead atoms. The van der Waals surface area contributed by atoms with Crippen LogP contribution in [0.1, 0.15) is 25.3 Å². The monoisotopic (exact) mass is 313 g/mol. The first-order chi connectivity index (χ1) is 11.1. The molecule has 1 N–H and O–H groups in total. The molecular weight excluding hydrogens is 290 g/mol. The molecule has 1 aliphatic rings. The second kappa shape index (κ2) is 6.91. The quantitative estimate of drug-likeness (QED) is 0.879. The normalized spacial score (nSPS) is 16.1. The average molecular weight is 313 g/mol. The molecule has 122 valence electrons. The van der Waals surface area contributed by atoms with Crippen LogP contribution in [0.2, 0.25) is 0 Å².